The second kappa shape index (κ2) is 5.64. The Morgan fingerprint density at radius 2 is 2.16 bits per heavy atom. The Hall–Kier alpha value is -1.51. The Kier molecular flexibility index (Phi) is 4.13. The highest BCUT2D eigenvalue weighted by Gasteiger charge is 2.18. The average Bonchev–Trinajstić information content (AvgIpc) is 2.82. The number of rotatable bonds is 5. The third kappa shape index (κ3) is 3.28. The van der Waals surface area contributed by atoms with Gasteiger partial charge >= 0.3 is 0 Å². The number of thiazole rings is 1. The predicted octanol–water partition coefficient (Wildman–Crippen LogP) is 1.37. The molecule has 2 rings (SSSR count). The number of hydrogen-bond donors (Lipinski definition) is 2. The lowest BCUT2D eigenvalue weighted by Gasteiger charge is -2.09. The number of aryl methyl sites for hydroxylation is 1. The average molecular weight is 298 g/mol. The van der Waals surface area contributed by atoms with Gasteiger partial charge in [-0.1, -0.05) is 0 Å². The first-order valence-corrected chi connectivity index (χ1v) is 7.85. The lowest BCUT2D eigenvalue weighted by atomic mass is 10.4. The summed E-state index contributed by atoms with van der Waals surface area (Å²) >= 11 is 1.46. The van der Waals surface area contributed by atoms with Crippen molar-refractivity contribution < 1.29 is 8.42 Å². The minimum atomic E-state index is -3.59. The molecule has 0 fully saturated rings. The quantitative estimate of drug-likeness (QED) is 0.871. The molecule has 0 spiro atoms. The van der Waals surface area contributed by atoms with Gasteiger partial charge in [0.25, 0.3) is 0 Å². The van der Waals surface area contributed by atoms with Crippen molar-refractivity contribution in [2.45, 2.75) is 18.4 Å². The molecule has 6 nitrogen and oxygen atoms in total. The molecule has 0 bridgehead atoms. The molecule has 0 aliphatic rings. The molecule has 0 aliphatic heterocycles. The predicted molar refractivity (Wildman–Crippen MR) is 74.7 cm³/mol. The van der Waals surface area contributed by atoms with Crippen molar-refractivity contribution in [2.24, 2.45) is 0 Å². The second-order valence-electron chi connectivity index (χ2n) is 3.79. The van der Waals surface area contributed by atoms with E-state index < -0.39 is 10.0 Å². The summed E-state index contributed by atoms with van der Waals surface area (Å²) < 4.78 is 26.9. The van der Waals surface area contributed by atoms with E-state index in [9.17, 15) is 8.42 Å². The molecule has 0 aliphatic carbocycles. The molecule has 0 amide bonds. The standard InChI is InChI=1S/C11H14N4O2S2/c1-8-14-5-9(18-8)6-15-19(16,17)11-7-13-4-3-10(11)12-2/h3-5,7,15H,6H2,1-2H3,(H,12,13). The first-order valence-electron chi connectivity index (χ1n) is 5.55. The molecule has 2 N–H and O–H groups in total. The zero-order valence-electron chi connectivity index (χ0n) is 10.5. The fraction of sp³-hybridized carbons (Fsp3) is 0.273. The van der Waals surface area contributed by atoms with Crippen molar-refractivity contribution in [3.63, 3.8) is 0 Å². The first-order chi connectivity index (χ1) is 9.03. The van der Waals surface area contributed by atoms with Crippen LogP contribution in [0.4, 0.5) is 5.69 Å². The number of anilines is 1. The van der Waals surface area contributed by atoms with E-state index in [1.165, 1.54) is 23.7 Å². The Balaban J connectivity index is 2.18. The minimum Gasteiger partial charge on any atom is -0.387 e. The van der Waals surface area contributed by atoms with Crippen LogP contribution in [0.25, 0.3) is 0 Å². The fourth-order valence-corrected chi connectivity index (χ4v) is 3.52. The molecule has 0 atom stereocenters. The van der Waals surface area contributed by atoms with Gasteiger partial charge in [-0.05, 0) is 13.0 Å². The van der Waals surface area contributed by atoms with Crippen LogP contribution in [0.15, 0.2) is 29.6 Å². The van der Waals surface area contributed by atoms with Crippen LogP contribution >= 0.6 is 11.3 Å². The van der Waals surface area contributed by atoms with E-state index in [1.807, 2.05) is 6.92 Å². The van der Waals surface area contributed by atoms with Gasteiger partial charge in [0.15, 0.2) is 0 Å². The Morgan fingerprint density at radius 1 is 1.37 bits per heavy atom. The molecule has 0 unspecified atom stereocenters. The van der Waals surface area contributed by atoms with Gasteiger partial charge < -0.3 is 5.32 Å². The van der Waals surface area contributed by atoms with Crippen molar-refractivity contribution in [1.29, 1.82) is 0 Å². The largest absolute Gasteiger partial charge is 0.387 e. The van der Waals surface area contributed by atoms with Crippen LogP contribution in [0.2, 0.25) is 0 Å². The number of nitrogens with zero attached hydrogens (tertiary/aromatic N) is 2. The highest BCUT2D eigenvalue weighted by Crippen LogP contribution is 2.19. The summed E-state index contributed by atoms with van der Waals surface area (Å²) in [6.07, 6.45) is 4.54. The maximum atomic E-state index is 12.2. The number of pyridine rings is 1. The van der Waals surface area contributed by atoms with E-state index in [0.29, 0.717) is 5.69 Å². The van der Waals surface area contributed by atoms with Crippen molar-refractivity contribution in [2.75, 3.05) is 12.4 Å². The fourth-order valence-electron chi connectivity index (χ4n) is 1.53. The van der Waals surface area contributed by atoms with Gasteiger partial charge in [0.05, 0.1) is 10.7 Å². The van der Waals surface area contributed by atoms with Gasteiger partial charge in [-0.3, -0.25) is 4.98 Å². The zero-order chi connectivity index (χ0) is 13.9. The lowest BCUT2D eigenvalue weighted by Crippen LogP contribution is -2.23. The number of sulfonamides is 1. The van der Waals surface area contributed by atoms with Gasteiger partial charge in [0.2, 0.25) is 10.0 Å². The molecule has 0 saturated heterocycles. The maximum Gasteiger partial charge on any atom is 0.244 e. The summed E-state index contributed by atoms with van der Waals surface area (Å²) in [5, 5.41) is 3.74. The van der Waals surface area contributed by atoms with Gasteiger partial charge in [-0.15, -0.1) is 11.3 Å². The topological polar surface area (TPSA) is 84.0 Å². The van der Waals surface area contributed by atoms with Gasteiger partial charge in [-0.25, -0.2) is 18.1 Å². The number of nitrogens with one attached hydrogen (secondary N) is 2. The van der Waals surface area contributed by atoms with Crippen LogP contribution in [-0.2, 0) is 16.6 Å². The molecule has 8 heteroatoms. The summed E-state index contributed by atoms with van der Waals surface area (Å²) in [6, 6.07) is 1.62. The van der Waals surface area contributed by atoms with Crippen LogP contribution in [-0.4, -0.2) is 25.4 Å². The van der Waals surface area contributed by atoms with Gasteiger partial charge in [0.1, 0.15) is 4.90 Å². The second-order valence-corrected chi connectivity index (χ2v) is 6.85. The van der Waals surface area contributed by atoms with Crippen molar-refractivity contribution in [1.82, 2.24) is 14.7 Å². The van der Waals surface area contributed by atoms with E-state index in [4.69, 9.17) is 0 Å². The van der Waals surface area contributed by atoms with Crippen molar-refractivity contribution >= 4 is 27.0 Å². The molecule has 0 radical (unpaired) electrons. The van der Waals surface area contributed by atoms with Crippen molar-refractivity contribution in [3.8, 4) is 0 Å². The van der Waals surface area contributed by atoms with E-state index in [1.54, 1.807) is 19.3 Å². The summed E-state index contributed by atoms with van der Waals surface area (Å²) in [5.41, 5.74) is 0.517. The summed E-state index contributed by atoms with van der Waals surface area (Å²) in [6.45, 7) is 2.11. The van der Waals surface area contributed by atoms with Gasteiger partial charge in [-0.2, -0.15) is 0 Å². The number of aromatic nitrogens is 2. The molecule has 0 aromatic carbocycles. The highest BCUT2D eigenvalue weighted by molar-refractivity contribution is 7.89. The zero-order valence-corrected chi connectivity index (χ0v) is 12.2. The molecule has 19 heavy (non-hydrogen) atoms. The Morgan fingerprint density at radius 3 is 2.79 bits per heavy atom. The Labute approximate surface area is 116 Å². The lowest BCUT2D eigenvalue weighted by molar-refractivity contribution is 0.581. The van der Waals surface area contributed by atoms with E-state index >= 15 is 0 Å². The van der Waals surface area contributed by atoms with Crippen LogP contribution in [0, 0.1) is 6.92 Å². The smallest absolute Gasteiger partial charge is 0.244 e. The van der Waals surface area contributed by atoms with Crippen LogP contribution in [0.1, 0.15) is 9.88 Å². The van der Waals surface area contributed by atoms with E-state index in [0.717, 1.165) is 9.88 Å². The maximum absolute atomic E-state index is 12.2. The summed E-state index contributed by atoms with van der Waals surface area (Å²) in [4.78, 5) is 8.94. The minimum absolute atomic E-state index is 0.138. The summed E-state index contributed by atoms with van der Waals surface area (Å²) in [7, 11) is -1.92. The molecule has 2 aromatic rings. The number of hydrogen-bond acceptors (Lipinski definition) is 6. The Bertz CT molecular complexity index is 667. The van der Waals surface area contributed by atoms with Crippen LogP contribution in [0.5, 0.6) is 0 Å². The van der Waals surface area contributed by atoms with Crippen LogP contribution < -0.4 is 10.0 Å². The van der Waals surface area contributed by atoms with Gasteiger partial charge in [0, 0.05) is 37.1 Å². The molecule has 2 heterocycles. The molecular weight excluding hydrogens is 284 g/mol. The molecule has 2 aromatic heterocycles. The molecular formula is C11H14N4O2S2. The monoisotopic (exact) mass is 298 g/mol. The normalized spacial score (nSPS) is 11.5. The third-order valence-corrected chi connectivity index (χ3v) is 4.79. The van der Waals surface area contributed by atoms with Crippen molar-refractivity contribution in [3.05, 3.63) is 34.5 Å². The molecule has 0 saturated carbocycles. The van der Waals surface area contributed by atoms with E-state index in [-0.39, 0.29) is 11.4 Å². The SMILES string of the molecule is CNc1ccncc1S(=O)(=O)NCc1cnc(C)s1. The first kappa shape index (κ1) is 13.9. The van der Waals surface area contributed by atoms with E-state index in [2.05, 4.69) is 20.0 Å². The molecule has 102 valence electrons. The van der Waals surface area contributed by atoms with Crippen LogP contribution in [0.3, 0.4) is 0 Å². The third-order valence-electron chi connectivity index (χ3n) is 2.45. The summed E-state index contributed by atoms with van der Waals surface area (Å²) in [5.74, 6) is 0. The highest BCUT2D eigenvalue weighted by atomic mass is 32.2.